The Bertz CT molecular complexity index is 3940. The average molecular weight is 975 g/mol. The maximum atomic E-state index is 2.51. The molecule has 0 bridgehead atoms. The Hall–Kier alpha value is -8.50. The Morgan fingerprint density at radius 1 is 0.176 bits per heavy atom. The molecule has 0 aromatic heterocycles. The average Bonchev–Trinajstić information content (AvgIpc) is 3.47. The van der Waals surface area contributed by atoms with Crippen LogP contribution in [0.25, 0.3) is 98.0 Å². The summed E-state index contributed by atoms with van der Waals surface area (Å²) < 4.78 is 0. The lowest BCUT2D eigenvalue weighted by Crippen LogP contribution is -2.26. The summed E-state index contributed by atoms with van der Waals surface area (Å²) in [7, 11) is -2.14. The highest BCUT2D eigenvalue weighted by molar-refractivity contribution is 7.80. The van der Waals surface area contributed by atoms with Crippen molar-refractivity contribution in [2.24, 2.45) is 0 Å². The molecule has 0 aliphatic heterocycles. The first kappa shape index (κ1) is 44.2. The molecule has 0 amide bonds. The Morgan fingerprint density at radius 3 is 0.757 bits per heavy atom. The monoisotopic (exact) mass is 974 g/mol. The quantitative estimate of drug-likeness (QED) is 0.0999. The minimum absolute atomic E-state index is 1.07. The normalized spacial score (nSPS) is 11.8. The highest BCUT2D eigenvalue weighted by atomic mass is 31.1. The van der Waals surface area contributed by atoms with E-state index in [4.69, 9.17) is 0 Å². The summed E-state index contributed by atoms with van der Waals surface area (Å²) in [6.45, 7) is 0. The van der Waals surface area contributed by atoms with Gasteiger partial charge in [-0.05, 0) is 158 Å². The molecule has 14 aromatic carbocycles. The van der Waals surface area contributed by atoms with Crippen LogP contribution in [0, 0.1) is 0 Å². The van der Waals surface area contributed by atoms with Crippen molar-refractivity contribution in [3.63, 3.8) is 0 Å². The highest BCUT2D eigenvalue weighted by Crippen LogP contribution is 2.50. The van der Waals surface area contributed by atoms with Crippen molar-refractivity contribution >= 4 is 112 Å². The van der Waals surface area contributed by atoms with Gasteiger partial charge >= 0.3 is 0 Å². The molecule has 0 saturated heterocycles. The third-order valence-electron chi connectivity index (χ3n) is 14.9. The first-order valence-electron chi connectivity index (χ1n) is 25.5. The van der Waals surface area contributed by atoms with E-state index in [-0.39, 0.29) is 0 Å². The van der Waals surface area contributed by atoms with E-state index in [1.807, 2.05) is 0 Å². The third kappa shape index (κ3) is 7.53. The lowest BCUT2D eigenvalue weighted by molar-refractivity contribution is 1.69. The van der Waals surface area contributed by atoms with Crippen LogP contribution in [0.1, 0.15) is 0 Å². The minimum atomic E-state index is -1.07. The molecule has 14 aromatic rings. The van der Waals surface area contributed by atoms with Crippen molar-refractivity contribution in [3.05, 3.63) is 291 Å². The minimum Gasteiger partial charge on any atom is -0.0622 e. The molecule has 0 N–H and O–H groups in total. The van der Waals surface area contributed by atoms with Gasteiger partial charge in [0.15, 0.2) is 0 Å². The second-order valence-corrected chi connectivity index (χ2v) is 23.5. The molecule has 0 spiro atoms. The highest BCUT2D eigenvalue weighted by Gasteiger charge is 2.30. The van der Waals surface area contributed by atoms with Gasteiger partial charge in [0.25, 0.3) is 0 Å². The van der Waals surface area contributed by atoms with Gasteiger partial charge in [0.1, 0.15) is 0 Å². The van der Waals surface area contributed by atoms with E-state index in [2.05, 4.69) is 291 Å². The topological polar surface area (TPSA) is 0 Å². The molecule has 0 fully saturated rings. The molecule has 0 heterocycles. The van der Waals surface area contributed by atoms with Gasteiger partial charge in [-0.1, -0.05) is 279 Å². The first-order valence-corrected chi connectivity index (χ1v) is 28.2. The number of benzene rings is 14. The summed E-state index contributed by atoms with van der Waals surface area (Å²) in [6.07, 6.45) is 0. The van der Waals surface area contributed by atoms with Gasteiger partial charge in [0.05, 0.1) is 0 Å². The number of fused-ring (bicyclic) bond motifs is 6. The van der Waals surface area contributed by atoms with E-state index in [0.717, 1.165) is 0 Å². The van der Waals surface area contributed by atoms with E-state index < -0.39 is 15.8 Å². The Morgan fingerprint density at radius 2 is 0.446 bits per heavy atom. The SMILES string of the molecule is c1ccc(P(c2ccccc2)c2ccc3c(-c4c5ccccc5cc5ccccc45)cccc3c2-c2c(P(c3ccccc3)c3ccccc3)ccc3c(-c4c5ccccc5cc5ccccc45)cccc23)cc1. The van der Waals surface area contributed by atoms with Crippen molar-refractivity contribution in [2.45, 2.75) is 0 Å². The maximum absolute atomic E-state index is 2.51. The number of hydrogen-bond acceptors (Lipinski definition) is 0. The molecule has 2 heteroatoms. The molecule has 0 unspecified atom stereocenters. The van der Waals surface area contributed by atoms with Crippen LogP contribution < -0.4 is 31.8 Å². The van der Waals surface area contributed by atoms with Crippen molar-refractivity contribution in [1.82, 2.24) is 0 Å². The Kier molecular flexibility index (Phi) is 11.3. The van der Waals surface area contributed by atoms with Crippen LogP contribution in [0.5, 0.6) is 0 Å². The zero-order chi connectivity index (χ0) is 49.0. The molecule has 74 heavy (non-hydrogen) atoms. The van der Waals surface area contributed by atoms with Gasteiger partial charge in [-0.3, -0.25) is 0 Å². The fraction of sp³-hybridized carbons (Fsp3) is 0. The zero-order valence-electron chi connectivity index (χ0n) is 40.6. The predicted octanol–water partition coefficient (Wildman–Crippen LogP) is 17.1. The van der Waals surface area contributed by atoms with Gasteiger partial charge < -0.3 is 0 Å². The maximum Gasteiger partial charge on any atom is -0.000861 e. The van der Waals surface area contributed by atoms with E-state index >= 15 is 0 Å². The second kappa shape index (κ2) is 18.8. The van der Waals surface area contributed by atoms with Gasteiger partial charge in [0.2, 0.25) is 0 Å². The summed E-state index contributed by atoms with van der Waals surface area (Å²) in [4.78, 5) is 0. The van der Waals surface area contributed by atoms with Crippen molar-refractivity contribution in [2.75, 3.05) is 0 Å². The third-order valence-corrected chi connectivity index (χ3v) is 19.9. The van der Waals surface area contributed by atoms with E-state index in [9.17, 15) is 0 Å². The summed E-state index contributed by atoms with van der Waals surface area (Å²) in [5, 5.41) is 23.0. The van der Waals surface area contributed by atoms with Crippen LogP contribution in [-0.4, -0.2) is 0 Å². The van der Waals surface area contributed by atoms with Crippen molar-refractivity contribution in [1.29, 1.82) is 0 Å². The zero-order valence-corrected chi connectivity index (χ0v) is 42.4. The summed E-state index contributed by atoms with van der Waals surface area (Å²) >= 11 is 0. The smallest absolute Gasteiger partial charge is 0.000861 e. The molecule has 0 radical (unpaired) electrons. The lowest BCUT2D eigenvalue weighted by Gasteiger charge is -2.29. The van der Waals surface area contributed by atoms with Crippen LogP contribution in [0.3, 0.4) is 0 Å². The van der Waals surface area contributed by atoms with Crippen LogP contribution in [0.4, 0.5) is 0 Å². The van der Waals surface area contributed by atoms with Gasteiger partial charge in [-0.25, -0.2) is 0 Å². The lowest BCUT2D eigenvalue weighted by atomic mass is 9.85. The molecular weight excluding hydrogens is 927 g/mol. The molecule has 0 aliphatic rings. The number of hydrogen-bond donors (Lipinski definition) is 0. The van der Waals surface area contributed by atoms with E-state index in [0.29, 0.717) is 0 Å². The fourth-order valence-electron chi connectivity index (χ4n) is 11.8. The molecular formula is C72H48P2. The molecule has 0 saturated carbocycles. The standard InChI is InChI=1S/C72H48P2/c1-5-27-53(28-6-1)73(54-29-7-2-8-30-54)67-45-43-61-63(69-57-35-17-13-23-49(57)47-50-24-14-18-36-58(50)69)39-21-41-65(61)71(67)72-66-42-22-40-64(70-59-37-19-15-25-51(59)48-52-26-16-20-38-60(52)70)62(66)44-46-68(72)74(55-31-9-3-10-32-55)56-33-11-4-12-34-56/h1-48H. The number of rotatable bonds is 9. The Balaban J connectivity index is 1.19. The molecule has 0 nitrogen and oxygen atoms in total. The van der Waals surface area contributed by atoms with Crippen LogP contribution in [0.2, 0.25) is 0 Å². The van der Waals surface area contributed by atoms with Crippen LogP contribution in [0.15, 0.2) is 291 Å². The Labute approximate surface area is 434 Å². The largest absolute Gasteiger partial charge is 0.0622 e. The summed E-state index contributed by atoms with van der Waals surface area (Å²) in [6, 6.07) is 110. The molecule has 346 valence electrons. The van der Waals surface area contributed by atoms with E-state index in [1.54, 1.807) is 0 Å². The predicted molar refractivity (Wildman–Crippen MR) is 325 cm³/mol. The van der Waals surface area contributed by atoms with Crippen molar-refractivity contribution < 1.29 is 0 Å². The first-order chi connectivity index (χ1) is 36.8. The molecule has 14 rings (SSSR count). The van der Waals surface area contributed by atoms with Crippen LogP contribution in [-0.2, 0) is 0 Å². The van der Waals surface area contributed by atoms with Gasteiger partial charge in [-0.2, -0.15) is 0 Å². The fourth-order valence-corrected chi connectivity index (χ4v) is 16.7. The van der Waals surface area contributed by atoms with Crippen molar-refractivity contribution in [3.8, 4) is 33.4 Å². The van der Waals surface area contributed by atoms with Gasteiger partial charge in [-0.15, -0.1) is 0 Å². The second-order valence-electron chi connectivity index (χ2n) is 19.1. The molecule has 0 atom stereocenters. The summed E-state index contributed by atoms with van der Waals surface area (Å²) in [5.74, 6) is 0. The van der Waals surface area contributed by atoms with Gasteiger partial charge in [0, 0.05) is 0 Å². The van der Waals surface area contributed by atoms with E-state index in [1.165, 1.54) is 130 Å². The summed E-state index contributed by atoms with van der Waals surface area (Å²) in [5.41, 5.74) is 7.63. The molecule has 0 aliphatic carbocycles. The van der Waals surface area contributed by atoms with Crippen LogP contribution >= 0.6 is 15.8 Å².